The molecular weight excluding hydrogens is 388 g/mol. The molecule has 2 heterocycles. The average Bonchev–Trinajstić information content (AvgIpc) is 3.24. The number of aromatic nitrogens is 1. The molecule has 0 amide bonds. The molecule has 0 spiro atoms. The third-order valence-corrected chi connectivity index (χ3v) is 5.79. The normalized spacial score (nSPS) is 14.6. The highest BCUT2D eigenvalue weighted by Gasteiger charge is 2.17. The van der Waals surface area contributed by atoms with E-state index in [1.54, 1.807) is 6.08 Å². The summed E-state index contributed by atoms with van der Waals surface area (Å²) < 4.78 is 5.96. The lowest BCUT2D eigenvalue weighted by molar-refractivity contribution is -0.137. The molecule has 2 N–H and O–H groups in total. The molecule has 3 aromatic rings. The Kier molecular flexibility index (Phi) is 6.53. The largest absolute Gasteiger partial charge is 0.489 e. The van der Waals surface area contributed by atoms with Gasteiger partial charge in [-0.3, -0.25) is 9.69 Å². The van der Waals surface area contributed by atoms with Crippen molar-refractivity contribution in [1.29, 1.82) is 0 Å². The van der Waals surface area contributed by atoms with Crippen LogP contribution in [0.2, 0.25) is 0 Å². The molecule has 31 heavy (non-hydrogen) atoms. The highest BCUT2D eigenvalue weighted by atomic mass is 16.5. The maximum absolute atomic E-state index is 11.0. The zero-order valence-electron chi connectivity index (χ0n) is 17.6. The number of nitrogens with zero attached hydrogens (tertiary/aromatic N) is 1. The fourth-order valence-electron chi connectivity index (χ4n) is 4.12. The van der Waals surface area contributed by atoms with E-state index in [9.17, 15) is 4.79 Å². The van der Waals surface area contributed by atoms with E-state index in [1.165, 1.54) is 16.8 Å². The van der Waals surface area contributed by atoms with Crippen LogP contribution in [0.1, 0.15) is 40.3 Å². The van der Waals surface area contributed by atoms with Gasteiger partial charge in [-0.05, 0) is 40.5 Å². The van der Waals surface area contributed by atoms with Gasteiger partial charge in [0.05, 0.1) is 6.42 Å². The van der Waals surface area contributed by atoms with Crippen LogP contribution in [-0.2, 0) is 30.9 Å². The number of allylic oxidation sites excluding steroid dienone is 1. The van der Waals surface area contributed by atoms with Gasteiger partial charge in [-0.2, -0.15) is 0 Å². The van der Waals surface area contributed by atoms with Crippen molar-refractivity contribution in [2.24, 2.45) is 0 Å². The summed E-state index contributed by atoms with van der Waals surface area (Å²) in [5.41, 5.74) is 6.12. The van der Waals surface area contributed by atoms with E-state index in [0.29, 0.717) is 6.61 Å². The van der Waals surface area contributed by atoms with Gasteiger partial charge in [0.1, 0.15) is 12.4 Å². The van der Waals surface area contributed by atoms with E-state index < -0.39 is 5.97 Å². The van der Waals surface area contributed by atoms with E-state index in [0.717, 1.165) is 42.9 Å². The Morgan fingerprint density at radius 2 is 2.00 bits per heavy atom. The molecule has 5 heteroatoms. The van der Waals surface area contributed by atoms with Crippen LogP contribution in [0.25, 0.3) is 0 Å². The zero-order chi connectivity index (χ0) is 21.6. The summed E-state index contributed by atoms with van der Waals surface area (Å²) in [6, 6.07) is 18.3. The summed E-state index contributed by atoms with van der Waals surface area (Å²) in [6.45, 7) is 7.22. The molecule has 2 aromatic carbocycles. The molecule has 0 saturated heterocycles. The first-order chi connectivity index (χ1) is 15.1. The molecule has 0 radical (unpaired) electrons. The number of carbonyl (C=O) groups is 1. The highest BCUT2D eigenvalue weighted by molar-refractivity contribution is 5.68. The maximum Gasteiger partial charge on any atom is 0.304 e. The van der Waals surface area contributed by atoms with Gasteiger partial charge in [0, 0.05) is 43.9 Å². The van der Waals surface area contributed by atoms with Crippen LogP contribution in [0, 0.1) is 0 Å². The van der Waals surface area contributed by atoms with E-state index in [-0.39, 0.29) is 12.3 Å². The summed E-state index contributed by atoms with van der Waals surface area (Å²) in [5, 5.41) is 9.02. The molecule has 4 rings (SSSR count). The van der Waals surface area contributed by atoms with Crippen molar-refractivity contribution in [2.75, 3.05) is 6.54 Å². The number of aliphatic carboxylic acids is 1. The first-order valence-electron chi connectivity index (χ1n) is 10.6. The monoisotopic (exact) mass is 416 g/mol. The van der Waals surface area contributed by atoms with Gasteiger partial charge in [0.15, 0.2) is 0 Å². The number of rotatable bonds is 9. The van der Waals surface area contributed by atoms with Crippen molar-refractivity contribution in [3.8, 4) is 5.75 Å². The number of hydrogen-bond acceptors (Lipinski definition) is 3. The van der Waals surface area contributed by atoms with Crippen LogP contribution in [-0.4, -0.2) is 27.5 Å². The second-order valence-electron chi connectivity index (χ2n) is 8.06. The van der Waals surface area contributed by atoms with E-state index >= 15 is 0 Å². The molecule has 1 atom stereocenters. The Balaban J connectivity index is 1.33. The minimum atomic E-state index is -0.830. The SMILES string of the molecule is C=C[C@@H](CC(=O)O)c1ccc(OCc2cccc(CN3CCc4[nH]ccc4C3)c2)cc1. The number of fused-ring (bicyclic) bond motifs is 1. The van der Waals surface area contributed by atoms with Crippen molar-refractivity contribution in [3.05, 3.63) is 101 Å². The fourth-order valence-corrected chi connectivity index (χ4v) is 4.12. The van der Waals surface area contributed by atoms with E-state index in [2.05, 4.69) is 46.8 Å². The molecule has 0 bridgehead atoms. The molecule has 0 fully saturated rings. The summed E-state index contributed by atoms with van der Waals surface area (Å²) in [7, 11) is 0. The lowest BCUT2D eigenvalue weighted by Gasteiger charge is -2.27. The van der Waals surface area contributed by atoms with Gasteiger partial charge in [-0.25, -0.2) is 0 Å². The van der Waals surface area contributed by atoms with Gasteiger partial charge in [0.25, 0.3) is 0 Å². The van der Waals surface area contributed by atoms with Crippen LogP contribution >= 0.6 is 0 Å². The first-order valence-corrected chi connectivity index (χ1v) is 10.6. The summed E-state index contributed by atoms with van der Waals surface area (Å²) in [6.07, 6.45) is 4.82. The number of ether oxygens (including phenoxy) is 1. The number of carboxylic acids is 1. The number of carboxylic acid groups (broad SMARTS) is 1. The van der Waals surface area contributed by atoms with Crippen LogP contribution in [0.4, 0.5) is 0 Å². The molecule has 1 aromatic heterocycles. The minimum Gasteiger partial charge on any atom is -0.489 e. The molecule has 1 aliphatic rings. The Morgan fingerprint density at radius 3 is 2.77 bits per heavy atom. The third kappa shape index (κ3) is 5.44. The van der Waals surface area contributed by atoms with Crippen molar-refractivity contribution in [1.82, 2.24) is 9.88 Å². The smallest absolute Gasteiger partial charge is 0.304 e. The van der Waals surface area contributed by atoms with Crippen LogP contribution < -0.4 is 4.74 Å². The lowest BCUT2D eigenvalue weighted by Crippen LogP contribution is -2.29. The standard InChI is InChI=1S/C26H28N2O3/c1-2-21(15-26(29)30)22-6-8-24(9-7-22)31-18-20-5-3-4-19(14-20)16-28-13-11-25-23(17-28)10-12-27-25/h2-10,12,14,21,27H,1,11,13,15-18H2,(H,29,30)/t21-/m0/s1. The lowest BCUT2D eigenvalue weighted by atomic mass is 9.96. The van der Waals surface area contributed by atoms with Gasteiger partial charge in [0.2, 0.25) is 0 Å². The summed E-state index contributed by atoms with van der Waals surface area (Å²) >= 11 is 0. The van der Waals surface area contributed by atoms with Gasteiger partial charge in [-0.1, -0.05) is 42.5 Å². The van der Waals surface area contributed by atoms with E-state index in [1.807, 2.05) is 30.5 Å². The molecule has 0 saturated carbocycles. The van der Waals surface area contributed by atoms with Gasteiger partial charge >= 0.3 is 5.97 Å². The molecule has 1 aliphatic heterocycles. The van der Waals surface area contributed by atoms with Crippen LogP contribution in [0.5, 0.6) is 5.75 Å². The van der Waals surface area contributed by atoms with Crippen LogP contribution in [0.15, 0.2) is 73.4 Å². The van der Waals surface area contributed by atoms with Crippen LogP contribution in [0.3, 0.4) is 0 Å². The topological polar surface area (TPSA) is 65.6 Å². The molecule has 0 unspecified atom stereocenters. The Morgan fingerprint density at radius 1 is 1.19 bits per heavy atom. The maximum atomic E-state index is 11.0. The molecule has 5 nitrogen and oxygen atoms in total. The molecular formula is C26H28N2O3. The second-order valence-corrected chi connectivity index (χ2v) is 8.06. The first kappa shape index (κ1) is 20.9. The van der Waals surface area contributed by atoms with Crippen molar-refractivity contribution >= 4 is 5.97 Å². The van der Waals surface area contributed by atoms with Crippen molar-refractivity contribution in [2.45, 2.75) is 38.5 Å². The van der Waals surface area contributed by atoms with Crippen molar-refractivity contribution < 1.29 is 14.6 Å². The molecule has 0 aliphatic carbocycles. The highest BCUT2D eigenvalue weighted by Crippen LogP contribution is 2.24. The van der Waals surface area contributed by atoms with Crippen molar-refractivity contribution in [3.63, 3.8) is 0 Å². The number of H-pyrrole nitrogens is 1. The van der Waals surface area contributed by atoms with E-state index in [4.69, 9.17) is 9.84 Å². The predicted octanol–water partition coefficient (Wildman–Crippen LogP) is 4.90. The zero-order valence-corrected chi connectivity index (χ0v) is 17.6. The Bertz CT molecular complexity index is 1040. The third-order valence-electron chi connectivity index (χ3n) is 5.79. The van der Waals surface area contributed by atoms with Gasteiger partial charge < -0.3 is 14.8 Å². The second kappa shape index (κ2) is 9.67. The summed E-state index contributed by atoms with van der Waals surface area (Å²) in [4.78, 5) is 16.8. The average molecular weight is 417 g/mol. The number of hydrogen-bond donors (Lipinski definition) is 2. The Labute approximate surface area is 183 Å². The predicted molar refractivity (Wildman–Crippen MR) is 121 cm³/mol. The Hall–Kier alpha value is -3.31. The molecule has 160 valence electrons. The fraction of sp³-hybridized carbons (Fsp3) is 0.269. The number of benzene rings is 2. The number of aromatic amines is 1. The van der Waals surface area contributed by atoms with Gasteiger partial charge in [-0.15, -0.1) is 6.58 Å². The minimum absolute atomic E-state index is 0.0406. The quantitative estimate of drug-likeness (QED) is 0.487. The summed E-state index contributed by atoms with van der Waals surface area (Å²) in [5.74, 6) is -0.258. The number of nitrogens with one attached hydrogen (secondary N) is 1.